The van der Waals surface area contributed by atoms with E-state index in [0.717, 1.165) is 43.7 Å². The van der Waals surface area contributed by atoms with Crippen LogP contribution in [0, 0.1) is 0 Å². The van der Waals surface area contributed by atoms with Crippen LogP contribution in [0.5, 0.6) is 0 Å². The van der Waals surface area contributed by atoms with Crippen molar-refractivity contribution in [2.75, 3.05) is 18.4 Å². The number of hydrogen-bond acceptors (Lipinski definition) is 4. The first-order chi connectivity index (χ1) is 13.2. The van der Waals surface area contributed by atoms with Gasteiger partial charge in [0.15, 0.2) is 0 Å². The minimum atomic E-state index is -0.455. The maximum absolute atomic E-state index is 12.2. The molecular weight excluding hydrogens is 354 g/mol. The highest BCUT2D eigenvalue weighted by atomic mass is 16.6. The van der Waals surface area contributed by atoms with Gasteiger partial charge in [0.1, 0.15) is 5.60 Å². The Morgan fingerprint density at radius 3 is 2.39 bits per heavy atom. The van der Waals surface area contributed by atoms with E-state index in [-0.39, 0.29) is 18.0 Å². The fourth-order valence-corrected chi connectivity index (χ4v) is 3.71. The Labute approximate surface area is 167 Å². The van der Waals surface area contributed by atoms with Gasteiger partial charge in [-0.3, -0.25) is 4.79 Å². The summed E-state index contributed by atoms with van der Waals surface area (Å²) in [6, 6.07) is 8.54. The van der Waals surface area contributed by atoms with Gasteiger partial charge in [0.05, 0.1) is 6.04 Å². The van der Waals surface area contributed by atoms with Crippen LogP contribution in [0.3, 0.4) is 0 Å². The summed E-state index contributed by atoms with van der Waals surface area (Å²) in [6.45, 7) is 11.1. The van der Waals surface area contributed by atoms with E-state index in [1.54, 1.807) is 4.90 Å². The summed E-state index contributed by atoms with van der Waals surface area (Å²) in [5.74, 6) is 0.493. The standard InChI is InChI=1S/C22H31N3O3/c1-15-19(9-10-20(26)23-15)24-18-7-5-16(6-8-18)17-11-13-25(14-12-17)21(27)28-22(2,3)4/h5-8,17,19,24H,1,9-14H2,2-4H3,(H,23,26). The number of nitrogens with one attached hydrogen (secondary N) is 2. The number of likely N-dealkylation sites (tertiary alicyclic amines) is 1. The van der Waals surface area contributed by atoms with Crippen LogP contribution in [-0.2, 0) is 9.53 Å². The summed E-state index contributed by atoms with van der Waals surface area (Å²) in [5, 5.41) is 6.24. The average Bonchev–Trinajstić information content (AvgIpc) is 2.63. The van der Waals surface area contributed by atoms with Crippen LogP contribution in [0.4, 0.5) is 10.5 Å². The minimum Gasteiger partial charge on any atom is -0.444 e. The van der Waals surface area contributed by atoms with Crippen molar-refractivity contribution in [3.8, 4) is 0 Å². The molecule has 6 heteroatoms. The maximum Gasteiger partial charge on any atom is 0.410 e. The zero-order valence-electron chi connectivity index (χ0n) is 17.1. The van der Waals surface area contributed by atoms with Gasteiger partial charge >= 0.3 is 6.09 Å². The van der Waals surface area contributed by atoms with E-state index in [9.17, 15) is 9.59 Å². The van der Waals surface area contributed by atoms with Gasteiger partial charge < -0.3 is 20.3 Å². The molecule has 0 aliphatic carbocycles. The van der Waals surface area contributed by atoms with Gasteiger partial charge in [-0.15, -0.1) is 0 Å². The first-order valence-electron chi connectivity index (χ1n) is 10.0. The van der Waals surface area contributed by atoms with Crippen LogP contribution in [0.15, 0.2) is 36.5 Å². The SMILES string of the molecule is C=C1NC(=O)CCC1Nc1ccc(C2CCN(C(=O)OC(C)(C)C)CC2)cc1. The fraction of sp³-hybridized carbons (Fsp3) is 0.545. The lowest BCUT2D eigenvalue weighted by Crippen LogP contribution is -2.41. The molecule has 0 bridgehead atoms. The van der Waals surface area contributed by atoms with E-state index in [1.807, 2.05) is 20.8 Å². The Kier molecular flexibility index (Phi) is 5.96. The fourth-order valence-electron chi connectivity index (χ4n) is 3.71. The van der Waals surface area contributed by atoms with Crippen LogP contribution in [0.1, 0.15) is 57.9 Å². The van der Waals surface area contributed by atoms with Gasteiger partial charge in [-0.1, -0.05) is 18.7 Å². The summed E-state index contributed by atoms with van der Waals surface area (Å²) in [6.07, 6.45) is 2.94. The molecule has 0 radical (unpaired) electrons. The molecule has 1 unspecified atom stereocenters. The predicted octanol–water partition coefficient (Wildman–Crippen LogP) is 4.01. The molecule has 28 heavy (non-hydrogen) atoms. The Balaban J connectivity index is 1.51. The highest BCUT2D eigenvalue weighted by molar-refractivity contribution is 5.79. The third-order valence-electron chi connectivity index (χ3n) is 5.25. The number of ether oxygens (including phenoxy) is 1. The van der Waals surface area contributed by atoms with Crippen molar-refractivity contribution < 1.29 is 14.3 Å². The summed E-state index contributed by atoms with van der Waals surface area (Å²) in [7, 11) is 0. The van der Waals surface area contributed by atoms with Crippen molar-refractivity contribution >= 4 is 17.7 Å². The van der Waals surface area contributed by atoms with Crippen LogP contribution in [0.2, 0.25) is 0 Å². The molecule has 6 nitrogen and oxygen atoms in total. The van der Waals surface area contributed by atoms with Crippen molar-refractivity contribution in [3.05, 3.63) is 42.1 Å². The number of rotatable bonds is 3. The lowest BCUT2D eigenvalue weighted by molar-refractivity contribution is -0.121. The second-order valence-corrected chi connectivity index (χ2v) is 8.67. The molecule has 1 aromatic carbocycles. The van der Waals surface area contributed by atoms with Crippen LogP contribution in [-0.4, -0.2) is 41.6 Å². The normalized spacial score (nSPS) is 21.2. The number of carbonyl (C=O) groups is 2. The predicted molar refractivity (Wildman–Crippen MR) is 110 cm³/mol. The van der Waals surface area contributed by atoms with Crippen molar-refractivity contribution in [1.82, 2.24) is 10.2 Å². The Bertz CT molecular complexity index is 728. The molecule has 2 aliphatic heterocycles. The van der Waals surface area contributed by atoms with Crippen molar-refractivity contribution in [3.63, 3.8) is 0 Å². The van der Waals surface area contributed by atoms with E-state index in [2.05, 4.69) is 41.5 Å². The highest BCUT2D eigenvalue weighted by Crippen LogP contribution is 2.30. The van der Waals surface area contributed by atoms with E-state index >= 15 is 0 Å². The summed E-state index contributed by atoms with van der Waals surface area (Å²) in [5.41, 5.74) is 2.60. The molecule has 1 atom stereocenters. The molecule has 2 fully saturated rings. The first-order valence-corrected chi connectivity index (χ1v) is 10.0. The second kappa shape index (κ2) is 8.25. The molecule has 2 N–H and O–H groups in total. The molecule has 2 amide bonds. The van der Waals surface area contributed by atoms with E-state index < -0.39 is 5.60 Å². The molecular formula is C22H31N3O3. The van der Waals surface area contributed by atoms with E-state index in [1.165, 1.54) is 5.56 Å². The number of nitrogens with zero attached hydrogens (tertiary/aromatic N) is 1. The number of amides is 2. The number of carbonyl (C=O) groups excluding carboxylic acids is 2. The highest BCUT2D eigenvalue weighted by Gasteiger charge is 2.27. The topological polar surface area (TPSA) is 70.7 Å². The number of anilines is 1. The Hall–Kier alpha value is -2.50. The van der Waals surface area contributed by atoms with Crippen molar-refractivity contribution in [2.24, 2.45) is 0 Å². The number of benzene rings is 1. The Morgan fingerprint density at radius 2 is 1.82 bits per heavy atom. The number of hydrogen-bond donors (Lipinski definition) is 2. The quantitative estimate of drug-likeness (QED) is 0.825. The molecule has 152 valence electrons. The second-order valence-electron chi connectivity index (χ2n) is 8.67. The van der Waals surface area contributed by atoms with Gasteiger partial charge in [0, 0.05) is 30.9 Å². The first kappa shape index (κ1) is 20.2. The van der Waals surface area contributed by atoms with Crippen LogP contribution >= 0.6 is 0 Å². The average molecular weight is 386 g/mol. The number of piperidine rings is 2. The van der Waals surface area contributed by atoms with Crippen LogP contribution < -0.4 is 10.6 Å². The minimum absolute atomic E-state index is 0.0381. The van der Waals surface area contributed by atoms with Gasteiger partial charge in [-0.25, -0.2) is 4.79 Å². The van der Waals surface area contributed by atoms with E-state index in [4.69, 9.17) is 4.74 Å². The smallest absolute Gasteiger partial charge is 0.410 e. The van der Waals surface area contributed by atoms with Crippen molar-refractivity contribution in [1.29, 1.82) is 0 Å². The Morgan fingerprint density at radius 1 is 1.18 bits per heavy atom. The summed E-state index contributed by atoms with van der Waals surface area (Å²) >= 11 is 0. The largest absolute Gasteiger partial charge is 0.444 e. The van der Waals surface area contributed by atoms with Gasteiger partial charge in [0.2, 0.25) is 5.91 Å². The summed E-state index contributed by atoms with van der Waals surface area (Å²) < 4.78 is 5.47. The maximum atomic E-state index is 12.2. The van der Waals surface area contributed by atoms with Gasteiger partial charge in [0.25, 0.3) is 0 Å². The molecule has 2 aliphatic rings. The molecule has 3 rings (SSSR count). The molecule has 1 aromatic rings. The molecule has 2 saturated heterocycles. The van der Waals surface area contributed by atoms with Gasteiger partial charge in [-0.05, 0) is 63.6 Å². The summed E-state index contributed by atoms with van der Waals surface area (Å²) in [4.78, 5) is 25.4. The lowest BCUT2D eigenvalue weighted by Gasteiger charge is -2.33. The molecule has 2 heterocycles. The molecule has 0 saturated carbocycles. The van der Waals surface area contributed by atoms with Crippen molar-refractivity contribution in [2.45, 2.75) is 64.0 Å². The molecule has 0 spiro atoms. The zero-order chi connectivity index (χ0) is 20.3. The van der Waals surface area contributed by atoms with E-state index in [0.29, 0.717) is 12.3 Å². The lowest BCUT2D eigenvalue weighted by atomic mass is 9.89. The third-order valence-corrected chi connectivity index (χ3v) is 5.25. The molecule has 0 aromatic heterocycles. The van der Waals surface area contributed by atoms with Crippen LogP contribution in [0.25, 0.3) is 0 Å². The third kappa shape index (κ3) is 5.27. The monoisotopic (exact) mass is 385 g/mol. The van der Waals surface area contributed by atoms with Gasteiger partial charge in [-0.2, -0.15) is 0 Å². The zero-order valence-corrected chi connectivity index (χ0v) is 17.1.